The van der Waals surface area contributed by atoms with E-state index in [9.17, 15) is 30.4 Å². The van der Waals surface area contributed by atoms with Crippen LogP contribution in [0.5, 0.6) is 0 Å². The first-order valence-corrected chi connectivity index (χ1v) is 8.46. The molecule has 0 bridgehead atoms. The quantitative estimate of drug-likeness (QED) is 0.553. The summed E-state index contributed by atoms with van der Waals surface area (Å²) in [5.41, 5.74) is -2.82. The van der Waals surface area contributed by atoms with E-state index in [1.165, 1.54) is 7.11 Å². The molecule has 0 aliphatic heterocycles. The van der Waals surface area contributed by atoms with Crippen LogP contribution in [0.15, 0.2) is 0 Å². The molecule has 0 aromatic carbocycles. The van der Waals surface area contributed by atoms with Crippen LogP contribution in [0.25, 0.3) is 0 Å². The fourth-order valence-electron chi connectivity index (χ4n) is 2.00. The fraction of sp³-hybridized carbons (Fsp3) is 1.00. The number of alkyl halides is 5. The van der Waals surface area contributed by atoms with Crippen molar-refractivity contribution >= 4 is 10.1 Å². The summed E-state index contributed by atoms with van der Waals surface area (Å²) >= 11 is 0. The van der Waals surface area contributed by atoms with Crippen molar-refractivity contribution < 1.29 is 34.6 Å². The minimum atomic E-state index is -4.81. The highest BCUT2D eigenvalue weighted by Crippen LogP contribution is 2.56. The zero-order valence-corrected chi connectivity index (χ0v) is 14.0. The summed E-state index contributed by atoms with van der Waals surface area (Å²) in [5.74, 6) is -3.61. The number of hydrogen-bond acceptors (Lipinski definition) is 3. The van der Waals surface area contributed by atoms with E-state index in [1.807, 2.05) is 0 Å². The van der Waals surface area contributed by atoms with E-state index >= 15 is 0 Å². The standard InChI is InChI=1S/C8H11F5.C5H12O3S/c1-6(8(11,12)13)4-2-3-5-7(6,9)10;1-4-5(2)9(6,7)8-3/h2-5H2,1H3;5H,4H2,1-3H3. The number of halogens is 5. The van der Waals surface area contributed by atoms with Crippen molar-refractivity contribution in [1.82, 2.24) is 0 Å². The predicted octanol–water partition coefficient (Wildman–Crippen LogP) is 4.53. The van der Waals surface area contributed by atoms with Gasteiger partial charge in [-0.1, -0.05) is 13.3 Å². The van der Waals surface area contributed by atoms with Crippen LogP contribution >= 0.6 is 0 Å². The van der Waals surface area contributed by atoms with Gasteiger partial charge >= 0.3 is 6.18 Å². The van der Waals surface area contributed by atoms with Crippen molar-refractivity contribution in [2.45, 2.75) is 70.2 Å². The molecule has 0 amide bonds. The molecule has 1 rings (SSSR count). The molecular formula is C13H23F5O3S. The van der Waals surface area contributed by atoms with Crippen molar-refractivity contribution in [3.63, 3.8) is 0 Å². The lowest BCUT2D eigenvalue weighted by Crippen LogP contribution is -2.51. The topological polar surface area (TPSA) is 43.4 Å². The fourth-order valence-corrected chi connectivity index (χ4v) is 2.74. The molecule has 2 unspecified atom stereocenters. The van der Waals surface area contributed by atoms with Crippen molar-refractivity contribution in [3.8, 4) is 0 Å². The first kappa shape index (κ1) is 21.6. The third kappa shape index (κ3) is 4.78. The molecule has 0 saturated heterocycles. The largest absolute Gasteiger partial charge is 0.399 e. The SMILES string of the molecule is CC1(C(F)(F)F)CCCCC1(F)F.CCC(C)S(=O)(=O)OC. The Balaban J connectivity index is 0.000000433. The lowest BCUT2D eigenvalue weighted by Gasteiger charge is -2.42. The Morgan fingerprint density at radius 1 is 1.18 bits per heavy atom. The molecule has 22 heavy (non-hydrogen) atoms. The van der Waals surface area contributed by atoms with Gasteiger partial charge in [-0.15, -0.1) is 0 Å². The van der Waals surface area contributed by atoms with Crippen LogP contribution in [-0.4, -0.2) is 32.9 Å². The number of hydrogen-bond donors (Lipinski definition) is 0. The highest BCUT2D eigenvalue weighted by Gasteiger charge is 2.66. The second kappa shape index (κ2) is 7.42. The molecule has 1 saturated carbocycles. The van der Waals surface area contributed by atoms with E-state index in [0.717, 1.165) is 0 Å². The Morgan fingerprint density at radius 2 is 1.64 bits per heavy atom. The molecule has 0 heterocycles. The van der Waals surface area contributed by atoms with Crippen molar-refractivity contribution in [1.29, 1.82) is 0 Å². The lowest BCUT2D eigenvalue weighted by molar-refractivity contribution is -0.304. The third-order valence-electron chi connectivity index (χ3n) is 4.15. The van der Waals surface area contributed by atoms with Crippen LogP contribution in [0.2, 0.25) is 0 Å². The van der Waals surface area contributed by atoms with Gasteiger partial charge in [0.2, 0.25) is 0 Å². The van der Waals surface area contributed by atoms with Gasteiger partial charge in [-0.3, -0.25) is 4.18 Å². The molecule has 134 valence electrons. The molecule has 1 aliphatic rings. The summed E-state index contributed by atoms with van der Waals surface area (Å²) in [6.07, 6.45) is -4.93. The molecule has 0 aromatic rings. The van der Waals surface area contributed by atoms with E-state index in [-0.39, 0.29) is 18.1 Å². The average molecular weight is 354 g/mol. The van der Waals surface area contributed by atoms with E-state index in [2.05, 4.69) is 4.18 Å². The highest BCUT2D eigenvalue weighted by molar-refractivity contribution is 7.87. The summed E-state index contributed by atoms with van der Waals surface area (Å²) in [4.78, 5) is 0. The Hall–Kier alpha value is -0.440. The maximum Gasteiger partial charge on any atom is 0.399 e. The van der Waals surface area contributed by atoms with Gasteiger partial charge < -0.3 is 0 Å². The molecule has 3 nitrogen and oxygen atoms in total. The van der Waals surface area contributed by atoms with Gasteiger partial charge in [-0.2, -0.15) is 21.6 Å². The Labute approximate surface area is 128 Å². The van der Waals surface area contributed by atoms with Gasteiger partial charge in [0.15, 0.2) is 0 Å². The third-order valence-corrected chi connectivity index (χ3v) is 5.93. The molecule has 1 fully saturated rings. The van der Waals surface area contributed by atoms with Gasteiger partial charge in [0.1, 0.15) is 5.41 Å². The van der Waals surface area contributed by atoms with Crippen LogP contribution in [0.3, 0.4) is 0 Å². The molecular weight excluding hydrogens is 331 g/mol. The summed E-state index contributed by atoms with van der Waals surface area (Å²) in [5, 5.41) is -0.387. The summed E-state index contributed by atoms with van der Waals surface area (Å²) in [7, 11) is -2.07. The zero-order valence-electron chi connectivity index (χ0n) is 13.1. The monoisotopic (exact) mass is 354 g/mol. The van der Waals surface area contributed by atoms with Crippen LogP contribution in [0.4, 0.5) is 22.0 Å². The molecule has 0 aromatic heterocycles. The first-order chi connectivity index (χ1) is 9.75. The minimum absolute atomic E-state index is 0.179. The van der Waals surface area contributed by atoms with E-state index < -0.39 is 40.5 Å². The van der Waals surface area contributed by atoms with Crippen molar-refractivity contribution in [2.75, 3.05) is 7.11 Å². The normalized spacial score (nSPS) is 26.8. The second-order valence-electron chi connectivity index (χ2n) is 5.62. The smallest absolute Gasteiger partial charge is 0.273 e. The van der Waals surface area contributed by atoms with Crippen LogP contribution in [-0.2, 0) is 14.3 Å². The van der Waals surface area contributed by atoms with Crippen molar-refractivity contribution in [3.05, 3.63) is 0 Å². The van der Waals surface area contributed by atoms with Gasteiger partial charge in [-0.05, 0) is 33.1 Å². The zero-order chi connectivity index (χ0) is 17.8. The molecule has 1 aliphatic carbocycles. The van der Waals surface area contributed by atoms with Gasteiger partial charge in [0.05, 0.1) is 12.4 Å². The Morgan fingerprint density at radius 3 is 1.86 bits per heavy atom. The molecule has 0 radical (unpaired) electrons. The predicted molar refractivity (Wildman–Crippen MR) is 73.3 cm³/mol. The lowest BCUT2D eigenvalue weighted by atomic mass is 9.72. The second-order valence-corrected chi connectivity index (χ2v) is 7.74. The van der Waals surface area contributed by atoms with E-state index in [4.69, 9.17) is 0 Å². The molecule has 2 atom stereocenters. The van der Waals surface area contributed by atoms with Gasteiger partial charge in [-0.25, -0.2) is 8.78 Å². The summed E-state index contributed by atoms with van der Waals surface area (Å²) < 4.78 is 88.8. The molecule has 0 N–H and O–H groups in total. The van der Waals surface area contributed by atoms with Crippen molar-refractivity contribution in [2.24, 2.45) is 5.41 Å². The van der Waals surface area contributed by atoms with Crippen LogP contribution < -0.4 is 0 Å². The minimum Gasteiger partial charge on any atom is -0.273 e. The first-order valence-electron chi connectivity index (χ1n) is 6.99. The number of rotatable bonds is 3. The maximum absolute atomic E-state index is 13.0. The van der Waals surface area contributed by atoms with Gasteiger partial charge in [0.25, 0.3) is 16.0 Å². The highest BCUT2D eigenvalue weighted by atomic mass is 32.2. The Kier molecular flexibility index (Phi) is 7.27. The van der Waals surface area contributed by atoms with Crippen LogP contribution in [0.1, 0.15) is 52.9 Å². The van der Waals surface area contributed by atoms with Crippen LogP contribution in [0, 0.1) is 5.41 Å². The average Bonchev–Trinajstić information content (AvgIpc) is 2.40. The maximum atomic E-state index is 13.0. The Bertz CT molecular complexity index is 447. The molecule has 9 heteroatoms. The van der Waals surface area contributed by atoms with E-state index in [1.54, 1.807) is 13.8 Å². The molecule has 0 spiro atoms. The summed E-state index contributed by atoms with van der Waals surface area (Å²) in [6, 6.07) is 0. The van der Waals surface area contributed by atoms with Gasteiger partial charge in [0, 0.05) is 6.42 Å². The van der Waals surface area contributed by atoms with E-state index in [0.29, 0.717) is 13.3 Å². The summed E-state index contributed by atoms with van der Waals surface area (Å²) in [6.45, 7) is 4.05.